The Morgan fingerprint density at radius 2 is 2.07 bits per heavy atom. The lowest BCUT2D eigenvalue weighted by Gasteiger charge is -2.23. The van der Waals surface area contributed by atoms with E-state index in [0.29, 0.717) is 6.54 Å². The van der Waals surface area contributed by atoms with Crippen LogP contribution in [-0.4, -0.2) is 53.2 Å². The van der Waals surface area contributed by atoms with Crippen LogP contribution in [0.3, 0.4) is 0 Å². The zero-order valence-electron chi connectivity index (χ0n) is 18.3. The van der Waals surface area contributed by atoms with Gasteiger partial charge in [0.15, 0.2) is 5.96 Å². The van der Waals surface area contributed by atoms with Crippen LogP contribution in [0.4, 0.5) is 4.79 Å². The molecule has 1 amide bonds. The number of likely N-dealkylation sites (tertiary alicyclic amines) is 1. The molecule has 1 aromatic rings. The number of guanidine groups is 1. The number of amides is 1. The van der Waals surface area contributed by atoms with Crippen LogP contribution in [-0.2, 0) is 16.7 Å². The van der Waals surface area contributed by atoms with Crippen LogP contribution in [0.15, 0.2) is 10.4 Å². The minimum Gasteiger partial charge on any atom is -0.444 e. The monoisotopic (exact) mass is 409 g/mol. The van der Waals surface area contributed by atoms with Crippen LogP contribution in [0.2, 0.25) is 0 Å². The van der Waals surface area contributed by atoms with Crippen molar-refractivity contribution in [2.24, 2.45) is 4.99 Å². The number of hydrogen-bond donors (Lipinski definition) is 2. The van der Waals surface area contributed by atoms with Gasteiger partial charge < -0.3 is 20.3 Å². The van der Waals surface area contributed by atoms with Crippen molar-refractivity contribution in [2.45, 2.75) is 78.5 Å². The number of nitrogens with one attached hydrogen (secondary N) is 2. The van der Waals surface area contributed by atoms with Crippen LogP contribution in [0.25, 0.3) is 0 Å². The average Bonchev–Trinajstić information content (AvgIpc) is 3.18. The maximum Gasteiger partial charge on any atom is 0.407 e. The molecule has 0 radical (unpaired) electrons. The second kappa shape index (κ2) is 9.11. The fourth-order valence-corrected chi connectivity index (χ4v) is 3.79. The van der Waals surface area contributed by atoms with Gasteiger partial charge in [-0.05, 0) is 34.1 Å². The molecule has 158 valence electrons. The predicted octanol–water partition coefficient (Wildman–Crippen LogP) is 3.51. The number of rotatable bonds is 4. The molecule has 7 nitrogen and oxygen atoms in total. The van der Waals surface area contributed by atoms with E-state index in [1.54, 1.807) is 11.3 Å². The summed E-state index contributed by atoms with van der Waals surface area (Å²) in [4.78, 5) is 23.7. The van der Waals surface area contributed by atoms with E-state index in [-0.39, 0.29) is 17.6 Å². The Labute approximate surface area is 173 Å². The second-order valence-corrected chi connectivity index (χ2v) is 10.1. The van der Waals surface area contributed by atoms with Gasteiger partial charge in [-0.1, -0.05) is 20.8 Å². The van der Waals surface area contributed by atoms with Crippen LogP contribution >= 0.6 is 11.3 Å². The zero-order valence-corrected chi connectivity index (χ0v) is 19.1. The molecule has 0 saturated carbocycles. The summed E-state index contributed by atoms with van der Waals surface area (Å²) in [5, 5.41) is 9.45. The topological polar surface area (TPSA) is 78.9 Å². The highest BCUT2D eigenvalue weighted by molar-refractivity contribution is 7.09. The number of ether oxygens (including phenoxy) is 1. The van der Waals surface area contributed by atoms with Crippen molar-refractivity contribution < 1.29 is 9.53 Å². The molecule has 1 unspecified atom stereocenters. The molecular formula is C20H35N5O2S. The molecule has 1 aromatic heterocycles. The average molecular weight is 410 g/mol. The second-order valence-electron chi connectivity index (χ2n) is 9.12. The Balaban J connectivity index is 1.95. The molecule has 28 heavy (non-hydrogen) atoms. The van der Waals surface area contributed by atoms with Crippen molar-refractivity contribution in [3.63, 3.8) is 0 Å². The van der Waals surface area contributed by atoms with Crippen molar-refractivity contribution in [2.75, 3.05) is 19.6 Å². The van der Waals surface area contributed by atoms with Crippen molar-refractivity contribution in [3.8, 4) is 0 Å². The number of nitrogens with zero attached hydrogens (tertiary/aromatic N) is 3. The van der Waals surface area contributed by atoms with Crippen LogP contribution in [0, 0.1) is 0 Å². The number of carbonyl (C=O) groups is 1. The van der Waals surface area contributed by atoms with Crippen LogP contribution in [0.5, 0.6) is 0 Å². The molecule has 0 aliphatic carbocycles. The van der Waals surface area contributed by atoms with Gasteiger partial charge in [0.1, 0.15) is 10.6 Å². The summed E-state index contributed by atoms with van der Waals surface area (Å²) in [6.45, 7) is 17.1. The lowest BCUT2D eigenvalue weighted by Crippen LogP contribution is -2.44. The standard InChI is InChI=1S/C20H35N5O2S/c1-8-21-17(22-11-16-24-15(13-28-16)19(2,3)4)25-10-9-14(12-25)23-18(26)27-20(5,6)7/h13-14H,8-12H2,1-7H3,(H,21,22)(H,23,26). The van der Waals surface area contributed by atoms with E-state index in [4.69, 9.17) is 14.7 Å². The molecule has 0 bridgehead atoms. The van der Waals surface area contributed by atoms with Gasteiger partial charge in [-0.3, -0.25) is 0 Å². The van der Waals surface area contributed by atoms with Gasteiger partial charge in [-0.25, -0.2) is 14.8 Å². The quantitative estimate of drug-likeness (QED) is 0.588. The Morgan fingerprint density at radius 3 is 2.64 bits per heavy atom. The Kier molecular flexibility index (Phi) is 7.31. The number of aliphatic imine (C=N–C) groups is 1. The molecule has 1 saturated heterocycles. The molecule has 1 aliphatic heterocycles. The van der Waals surface area contributed by atoms with E-state index in [2.05, 4.69) is 48.6 Å². The lowest BCUT2D eigenvalue weighted by molar-refractivity contribution is 0.0507. The summed E-state index contributed by atoms with van der Waals surface area (Å²) < 4.78 is 5.36. The third-order valence-corrected chi connectivity index (χ3v) is 5.06. The molecular weight excluding hydrogens is 374 g/mol. The third kappa shape index (κ3) is 6.96. The fraction of sp³-hybridized carbons (Fsp3) is 0.750. The molecule has 0 spiro atoms. The van der Waals surface area contributed by atoms with Gasteiger partial charge >= 0.3 is 6.09 Å². The summed E-state index contributed by atoms with van der Waals surface area (Å²) in [6, 6.07) is 0.0612. The molecule has 0 aromatic carbocycles. The van der Waals surface area contributed by atoms with E-state index in [0.717, 1.165) is 42.7 Å². The van der Waals surface area contributed by atoms with Crippen LogP contribution < -0.4 is 10.6 Å². The van der Waals surface area contributed by atoms with Gasteiger partial charge in [-0.15, -0.1) is 11.3 Å². The van der Waals surface area contributed by atoms with Gasteiger partial charge in [0.2, 0.25) is 0 Å². The Bertz CT molecular complexity index is 688. The van der Waals surface area contributed by atoms with Gasteiger partial charge in [0.05, 0.1) is 18.3 Å². The highest BCUT2D eigenvalue weighted by Gasteiger charge is 2.28. The van der Waals surface area contributed by atoms with E-state index < -0.39 is 5.60 Å². The van der Waals surface area contributed by atoms with Crippen molar-refractivity contribution in [3.05, 3.63) is 16.1 Å². The SMILES string of the molecule is CCNC(=NCc1nc(C(C)(C)C)cs1)N1CCC(NC(=O)OC(C)(C)C)C1. The molecule has 2 rings (SSSR count). The minimum atomic E-state index is -0.488. The van der Waals surface area contributed by atoms with Gasteiger partial charge in [0.25, 0.3) is 0 Å². The number of thiazole rings is 1. The smallest absolute Gasteiger partial charge is 0.407 e. The van der Waals surface area contributed by atoms with Crippen LogP contribution in [0.1, 0.15) is 65.6 Å². The van der Waals surface area contributed by atoms with E-state index in [1.807, 2.05) is 20.8 Å². The first-order valence-corrected chi connectivity index (χ1v) is 10.8. The van der Waals surface area contributed by atoms with E-state index >= 15 is 0 Å². The number of alkyl carbamates (subject to hydrolysis) is 1. The van der Waals surface area contributed by atoms with Gasteiger partial charge in [-0.2, -0.15) is 0 Å². The normalized spacial score (nSPS) is 18.3. The maximum atomic E-state index is 12.0. The van der Waals surface area contributed by atoms with E-state index in [1.165, 1.54) is 0 Å². The number of aromatic nitrogens is 1. The highest BCUT2D eigenvalue weighted by atomic mass is 32.1. The van der Waals surface area contributed by atoms with Crippen molar-refractivity contribution >= 4 is 23.4 Å². The summed E-state index contributed by atoms with van der Waals surface area (Å²) in [5.74, 6) is 0.864. The molecule has 2 heterocycles. The third-order valence-electron chi connectivity index (χ3n) is 4.23. The molecule has 1 aliphatic rings. The number of carbonyl (C=O) groups excluding carboxylic acids is 1. The first-order valence-electron chi connectivity index (χ1n) is 9.95. The van der Waals surface area contributed by atoms with E-state index in [9.17, 15) is 4.79 Å². The first-order chi connectivity index (χ1) is 13.0. The largest absolute Gasteiger partial charge is 0.444 e. The molecule has 8 heteroatoms. The van der Waals surface area contributed by atoms with Crippen molar-refractivity contribution in [1.29, 1.82) is 0 Å². The Morgan fingerprint density at radius 1 is 1.36 bits per heavy atom. The summed E-state index contributed by atoms with van der Waals surface area (Å²) in [6.07, 6.45) is 0.508. The molecule has 1 fully saturated rings. The van der Waals surface area contributed by atoms with Crippen molar-refractivity contribution in [1.82, 2.24) is 20.5 Å². The maximum absolute atomic E-state index is 12.0. The van der Waals surface area contributed by atoms with Gasteiger partial charge in [0, 0.05) is 30.4 Å². The number of hydrogen-bond acceptors (Lipinski definition) is 5. The molecule has 2 N–H and O–H groups in total. The lowest BCUT2D eigenvalue weighted by atomic mass is 9.93. The zero-order chi connectivity index (χ0) is 20.9. The first kappa shape index (κ1) is 22.5. The molecule has 1 atom stereocenters. The fourth-order valence-electron chi connectivity index (χ4n) is 2.84. The summed E-state index contributed by atoms with van der Waals surface area (Å²) in [5.41, 5.74) is 0.673. The minimum absolute atomic E-state index is 0.0540. The summed E-state index contributed by atoms with van der Waals surface area (Å²) in [7, 11) is 0. The predicted molar refractivity (Wildman–Crippen MR) is 115 cm³/mol. The summed E-state index contributed by atoms with van der Waals surface area (Å²) >= 11 is 1.66. The Hall–Kier alpha value is -1.83. The highest BCUT2D eigenvalue weighted by Crippen LogP contribution is 2.24.